The molecule has 1 N–H and O–H groups in total. The highest BCUT2D eigenvalue weighted by Gasteiger charge is 2.55. The van der Waals surface area contributed by atoms with Crippen molar-refractivity contribution in [1.82, 2.24) is 5.32 Å². The molecule has 0 aromatic heterocycles. The molecule has 2 heteroatoms. The van der Waals surface area contributed by atoms with Crippen molar-refractivity contribution in [3.63, 3.8) is 0 Å². The lowest BCUT2D eigenvalue weighted by Gasteiger charge is -2.56. The van der Waals surface area contributed by atoms with Gasteiger partial charge in [0.05, 0.1) is 7.11 Å². The van der Waals surface area contributed by atoms with Crippen molar-refractivity contribution < 1.29 is 4.74 Å². The Hall–Kier alpha value is -1.02. The molecule has 1 aromatic carbocycles. The summed E-state index contributed by atoms with van der Waals surface area (Å²) >= 11 is 0. The Balaban J connectivity index is 1.79. The summed E-state index contributed by atoms with van der Waals surface area (Å²) in [5.41, 5.74) is 2.51. The van der Waals surface area contributed by atoms with Gasteiger partial charge in [0, 0.05) is 18.0 Å². The average Bonchev–Trinajstić information content (AvgIpc) is 2.93. The Labute approximate surface area is 129 Å². The van der Waals surface area contributed by atoms with E-state index >= 15 is 0 Å². The lowest BCUT2D eigenvalue weighted by Crippen LogP contribution is -2.54. The van der Waals surface area contributed by atoms with Gasteiger partial charge >= 0.3 is 0 Å². The maximum Gasteiger partial charge on any atom is 0.118 e. The molecule has 0 aliphatic heterocycles. The molecule has 0 bridgehead atoms. The number of ether oxygens (including phenoxy) is 1. The van der Waals surface area contributed by atoms with Gasteiger partial charge in [0.15, 0.2) is 0 Å². The van der Waals surface area contributed by atoms with Crippen molar-refractivity contribution in [3.05, 3.63) is 29.8 Å². The maximum absolute atomic E-state index is 5.31. The largest absolute Gasteiger partial charge is 0.497 e. The molecule has 2 aliphatic rings. The van der Waals surface area contributed by atoms with Gasteiger partial charge in [-0.1, -0.05) is 38.8 Å². The van der Waals surface area contributed by atoms with Gasteiger partial charge in [0.1, 0.15) is 5.75 Å². The standard InChI is InChI=1S/C19H29NO/c1-15(2)20-14-19(12-18(13-19)10-4-5-11-18)16-6-8-17(21-3)9-7-16/h6-9,15,20H,4-5,10-14H2,1-3H3. The second-order valence-electron chi connectivity index (χ2n) is 7.61. The van der Waals surface area contributed by atoms with Crippen LogP contribution >= 0.6 is 0 Å². The summed E-state index contributed by atoms with van der Waals surface area (Å²) in [5.74, 6) is 0.959. The van der Waals surface area contributed by atoms with E-state index in [-0.39, 0.29) is 0 Å². The van der Waals surface area contributed by atoms with Gasteiger partial charge in [-0.15, -0.1) is 0 Å². The topological polar surface area (TPSA) is 21.3 Å². The van der Waals surface area contributed by atoms with E-state index in [2.05, 4.69) is 43.4 Å². The van der Waals surface area contributed by atoms with Crippen LogP contribution in [0.5, 0.6) is 5.75 Å². The zero-order valence-corrected chi connectivity index (χ0v) is 13.7. The molecule has 0 heterocycles. The quantitative estimate of drug-likeness (QED) is 0.872. The predicted molar refractivity (Wildman–Crippen MR) is 87.9 cm³/mol. The van der Waals surface area contributed by atoms with Gasteiger partial charge in [0.2, 0.25) is 0 Å². The van der Waals surface area contributed by atoms with Crippen LogP contribution in [0.25, 0.3) is 0 Å². The summed E-state index contributed by atoms with van der Waals surface area (Å²) < 4.78 is 5.31. The van der Waals surface area contributed by atoms with Gasteiger partial charge in [-0.2, -0.15) is 0 Å². The fraction of sp³-hybridized carbons (Fsp3) is 0.684. The van der Waals surface area contributed by atoms with Crippen LogP contribution in [0.1, 0.15) is 57.9 Å². The van der Waals surface area contributed by atoms with Crippen molar-refractivity contribution in [3.8, 4) is 5.75 Å². The predicted octanol–water partition coefficient (Wildman–Crippen LogP) is 4.29. The number of hydrogen-bond acceptors (Lipinski definition) is 2. The first kappa shape index (κ1) is 14.9. The van der Waals surface area contributed by atoms with Crippen molar-refractivity contribution in [2.45, 2.75) is 63.8 Å². The van der Waals surface area contributed by atoms with Gasteiger partial charge in [-0.25, -0.2) is 0 Å². The van der Waals surface area contributed by atoms with Gasteiger partial charge < -0.3 is 10.1 Å². The first-order valence-electron chi connectivity index (χ1n) is 8.46. The minimum Gasteiger partial charge on any atom is -0.497 e. The highest BCUT2D eigenvalue weighted by Crippen LogP contribution is 2.62. The Morgan fingerprint density at radius 3 is 2.24 bits per heavy atom. The maximum atomic E-state index is 5.31. The van der Waals surface area contributed by atoms with E-state index in [0.717, 1.165) is 12.3 Å². The van der Waals surface area contributed by atoms with E-state index < -0.39 is 0 Å². The Morgan fingerprint density at radius 2 is 1.71 bits per heavy atom. The van der Waals surface area contributed by atoms with Crippen LogP contribution in [0.15, 0.2) is 24.3 Å². The minimum absolute atomic E-state index is 0.348. The van der Waals surface area contributed by atoms with Crippen LogP contribution in [0.4, 0.5) is 0 Å². The Bertz CT molecular complexity index is 463. The minimum atomic E-state index is 0.348. The molecule has 0 radical (unpaired) electrons. The molecule has 0 atom stereocenters. The van der Waals surface area contributed by atoms with Crippen molar-refractivity contribution >= 4 is 0 Å². The van der Waals surface area contributed by atoms with E-state index in [1.807, 2.05) is 0 Å². The van der Waals surface area contributed by atoms with E-state index in [1.54, 1.807) is 7.11 Å². The summed E-state index contributed by atoms with van der Waals surface area (Å²) in [6.07, 6.45) is 8.52. The molecule has 0 amide bonds. The molecule has 2 aliphatic carbocycles. The number of nitrogens with one attached hydrogen (secondary N) is 1. The van der Waals surface area contributed by atoms with E-state index in [9.17, 15) is 0 Å². The summed E-state index contributed by atoms with van der Waals surface area (Å²) in [4.78, 5) is 0. The Kier molecular flexibility index (Phi) is 4.00. The summed E-state index contributed by atoms with van der Waals surface area (Å²) in [7, 11) is 1.74. The first-order chi connectivity index (χ1) is 10.1. The lowest BCUT2D eigenvalue weighted by atomic mass is 9.49. The highest BCUT2D eigenvalue weighted by molar-refractivity contribution is 5.36. The smallest absolute Gasteiger partial charge is 0.118 e. The third-order valence-electron chi connectivity index (χ3n) is 5.64. The van der Waals surface area contributed by atoms with Crippen LogP contribution in [0, 0.1) is 5.41 Å². The van der Waals surface area contributed by atoms with E-state index in [4.69, 9.17) is 4.74 Å². The normalized spacial score (nSPS) is 22.5. The zero-order valence-electron chi connectivity index (χ0n) is 13.7. The SMILES string of the molecule is COc1ccc(C2(CNC(C)C)CC3(CCCC3)C2)cc1. The molecule has 0 saturated heterocycles. The molecule has 0 unspecified atom stereocenters. The number of rotatable bonds is 5. The monoisotopic (exact) mass is 287 g/mol. The number of hydrogen-bond donors (Lipinski definition) is 1. The van der Waals surface area contributed by atoms with Crippen molar-refractivity contribution in [1.29, 1.82) is 0 Å². The molecule has 21 heavy (non-hydrogen) atoms. The molecule has 116 valence electrons. The molecule has 1 spiro atoms. The van der Waals surface area contributed by atoms with Gasteiger partial charge in [-0.05, 0) is 48.8 Å². The molecular formula is C19H29NO. The second kappa shape index (κ2) is 5.64. The summed E-state index contributed by atoms with van der Waals surface area (Å²) in [6.45, 7) is 5.59. The van der Waals surface area contributed by atoms with Crippen molar-refractivity contribution in [2.75, 3.05) is 13.7 Å². The number of methoxy groups -OCH3 is 1. The van der Waals surface area contributed by atoms with Gasteiger partial charge in [-0.3, -0.25) is 0 Å². The highest BCUT2D eigenvalue weighted by atomic mass is 16.5. The molecule has 2 saturated carbocycles. The van der Waals surface area contributed by atoms with Crippen LogP contribution < -0.4 is 10.1 Å². The molecule has 1 aromatic rings. The first-order valence-corrected chi connectivity index (χ1v) is 8.46. The fourth-order valence-corrected chi connectivity index (χ4v) is 4.64. The van der Waals surface area contributed by atoms with E-state index in [1.165, 1.54) is 44.1 Å². The molecule has 2 fully saturated rings. The third-order valence-corrected chi connectivity index (χ3v) is 5.64. The third kappa shape index (κ3) is 2.83. The second-order valence-corrected chi connectivity index (χ2v) is 7.61. The van der Waals surface area contributed by atoms with Crippen molar-refractivity contribution in [2.24, 2.45) is 5.41 Å². The van der Waals surface area contributed by atoms with Crippen LogP contribution in [-0.2, 0) is 5.41 Å². The molecule has 3 rings (SSSR count). The van der Waals surface area contributed by atoms with Gasteiger partial charge in [0.25, 0.3) is 0 Å². The number of benzene rings is 1. The molecule has 2 nitrogen and oxygen atoms in total. The molecular weight excluding hydrogens is 258 g/mol. The van der Waals surface area contributed by atoms with Crippen LogP contribution in [-0.4, -0.2) is 19.7 Å². The average molecular weight is 287 g/mol. The van der Waals surface area contributed by atoms with E-state index in [0.29, 0.717) is 16.9 Å². The lowest BCUT2D eigenvalue weighted by molar-refractivity contribution is 0.0257. The summed E-state index contributed by atoms with van der Waals surface area (Å²) in [5, 5.41) is 3.69. The summed E-state index contributed by atoms with van der Waals surface area (Å²) in [6, 6.07) is 9.35. The Morgan fingerprint density at radius 1 is 1.10 bits per heavy atom. The van der Waals surface area contributed by atoms with Crippen LogP contribution in [0.3, 0.4) is 0 Å². The fourth-order valence-electron chi connectivity index (χ4n) is 4.64. The van der Waals surface area contributed by atoms with Crippen LogP contribution in [0.2, 0.25) is 0 Å². The zero-order chi connectivity index (χ0) is 14.9.